The van der Waals surface area contributed by atoms with Crippen LogP contribution >= 0.6 is 0 Å². The Kier molecular flexibility index (Phi) is 5.16. The van der Waals surface area contributed by atoms with Gasteiger partial charge in [0.15, 0.2) is 0 Å². The Bertz CT molecular complexity index is 880. The molecule has 0 fully saturated rings. The minimum Gasteiger partial charge on any atom is -0.340 e. The van der Waals surface area contributed by atoms with E-state index in [1.165, 1.54) is 5.56 Å². The van der Waals surface area contributed by atoms with E-state index in [2.05, 4.69) is 15.5 Å². The van der Waals surface area contributed by atoms with Crippen LogP contribution < -0.4 is 5.32 Å². The van der Waals surface area contributed by atoms with Crippen LogP contribution in [0.1, 0.15) is 47.3 Å². The van der Waals surface area contributed by atoms with Crippen molar-refractivity contribution in [3.05, 3.63) is 71.1 Å². The molecule has 3 aromatic rings. The maximum atomic E-state index is 12.6. The maximum absolute atomic E-state index is 12.6. The van der Waals surface area contributed by atoms with Gasteiger partial charge in [0.05, 0.1) is 0 Å². The topological polar surface area (TPSA) is 68.0 Å². The standard InChI is InChI=1S/C21H23N3O2/c1-13(2)18(22-20(25)17-11-7-15(4)8-12-17)21-23-19(24-26-21)16-9-5-14(3)6-10-16/h5-13,18H,1-4H3,(H,22,25)/t18-/m1/s1. The first-order chi connectivity index (χ1) is 12.4. The van der Waals surface area contributed by atoms with Crippen LogP contribution in [0, 0.1) is 19.8 Å². The van der Waals surface area contributed by atoms with Crippen molar-refractivity contribution in [1.82, 2.24) is 15.5 Å². The van der Waals surface area contributed by atoms with Crippen LogP contribution in [0.15, 0.2) is 53.1 Å². The Balaban J connectivity index is 1.81. The van der Waals surface area contributed by atoms with Crippen LogP contribution in [-0.2, 0) is 0 Å². The van der Waals surface area contributed by atoms with Gasteiger partial charge in [-0.05, 0) is 31.9 Å². The summed E-state index contributed by atoms with van der Waals surface area (Å²) < 4.78 is 5.45. The van der Waals surface area contributed by atoms with Gasteiger partial charge in [0.25, 0.3) is 5.91 Å². The zero-order chi connectivity index (χ0) is 18.7. The summed E-state index contributed by atoms with van der Waals surface area (Å²) in [6.07, 6.45) is 0. The number of aryl methyl sites for hydroxylation is 2. The lowest BCUT2D eigenvalue weighted by molar-refractivity contribution is 0.0914. The molecular weight excluding hydrogens is 326 g/mol. The SMILES string of the molecule is Cc1ccc(C(=O)N[C@@H](c2nc(-c3ccc(C)cc3)no2)C(C)C)cc1. The van der Waals surface area contributed by atoms with Crippen LogP contribution in [0.4, 0.5) is 0 Å². The molecule has 26 heavy (non-hydrogen) atoms. The van der Waals surface area contributed by atoms with Crippen molar-refractivity contribution in [3.63, 3.8) is 0 Å². The number of benzene rings is 2. The second-order valence-electron chi connectivity index (χ2n) is 6.88. The minimum absolute atomic E-state index is 0.107. The molecule has 5 heteroatoms. The summed E-state index contributed by atoms with van der Waals surface area (Å²) in [4.78, 5) is 17.1. The molecule has 0 saturated carbocycles. The normalized spacial score (nSPS) is 12.2. The molecule has 0 unspecified atom stereocenters. The highest BCUT2D eigenvalue weighted by atomic mass is 16.5. The molecule has 1 aromatic heterocycles. The number of rotatable bonds is 5. The van der Waals surface area contributed by atoms with Gasteiger partial charge in [-0.3, -0.25) is 4.79 Å². The van der Waals surface area contributed by atoms with Crippen molar-refractivity contribution in [1.29, 1.82) is 0 Å². The van der Waals surface area contributed by atoms with E-state index in [0.29, 0.717) is 17.3 Å². The van der Waals surface area contributed by atoms with Crippen molar-refractivity contribution in [2.45, 2.75) is 33.7 Å². The number of carbonyl (C=O) groups is 1. The first-order valence-corrected chi connectivity index (χ1v) is 8.72. The molecule has 5 nitrogen and oxygen atoms in total. The van der Waals surface area contributed by atoms with Crippen molar-refractivity contribution < 1.29 is 9.32 Å². The average Bonchev–Trinajstić information content (AvgIpc) is 3.10. The van der Waals surface area contributed by atoms with Gasteiger partial charge in [-0.25, -0.2) is 0 Å². The Morgan fingerprint density at radius 1 is 0.962 bits per heavy atom. The van der Waals surface area contributed by atoms with E-state index in [9.17, 15) is 4.79 Å². The number of aromatic nitrogens is 2. The lowest BCUT2D eigenvalue weighted by Crippen LogP contribution is -2.32. The Labute approximate surface area is 153 Å². The molecule has 1 amide bonds. The summed E-state index contributed by atoms with van der Waals surface area (Å²) in [5, 5.41) is 7.08. The quantitative estimate of drug-likeness (QED) is 0.737. The highest BCUT2D eigenvalue weighted by molar-refractivity contribution is 5.94. The molecule has 0 aliphatic carbocycles. The number of hydrogen-bond acceptors (Lipinski definition) is 4. The van der Waals surface area contributed by atoms with Gasteiger partial charge in [-0.1, -0.05) is 66.5 Å². The molecule has 0 spiro atoms. The van der Waals surface area contributed by atoms with Gasteiger partial charge in [-0.15, -0.1) is 0 Å². The van der Waals surface area contributed by atoms with E-state index >= 15 is 0 Å². The van der Waals surface area contributed by atoms with Crippen LogP contribution in [-0.4, -0.2) is 16.0 Å². The molecule has 2 aromatic carbocycles. The smallest absolute Gasteiger partial charge is 0.251 e. The lowest BCUT2D eigenvalue weighted by atomic mass is 10.0. The van der Waals surface area contributed by atoms with Crippen LogP contribution in [0.25, 0.3) is 11.4 Å². The van der Waals surface area contributed by atoms with E-state index in [1.54, 1.807) is 0 Å². The fraction of sp³-hybridized carbons (Fsp3) is 0.286. The van der Waals surface area contributed by atoms with Crippen molar-refractivity contribution in [2.24, 2.45) is 5.92 Å². The van der Waals surface area contributed by atoms with Gasteiger partial charge in [0.2, 0.25) is 11.7 Å². The zero-order valence-corrected chi connectivity index (χ0v) is 15.5. The second kappa shape index (κ2) is 7.52. The summed E-state index contributed by atoms with van der Waals surface area (Å²) in [6, 6.07) is 15.0. The molecule has 134 valence electrons. The largest absolute Gasteiger partial charge is 0.340 e. The monoisotopic (exact) mass is 349 g/mol. The molecule has 1 N–H and O–H groups in total. The second-order valence-corrected chi connectivity index (χ2v) is 6.88. The summed E-state index contributed by atoms with van der Waals surface area (Å²) in [5.41, 5.74) is 3.78. The number of carbonyl (C=O) groups excluding carboxylic acids is 1. The van der Waals surface area contributed by atoms with Crippen molar-refractivity contribution in [3.8, 4) is 11.4 Å². The summed E-state index contributed by atoms with van der Waals surface area (Å²) in [5.74, 6) is 0.890. The summed E-state index contributed by atoms with van der Waals surface area (Å²) >= 11 is 0. The molecule has 0 saturated heterocycles. The molecule has 0 aliphatic heterocycles. The van der Waals surface area contributed by atoms with E-state index in [-0.39, 0.29) is 17.9 Å². The van der Waals surface area contributed by atoms with Gasteiger partial charge < -0.3 is 9.84 Å². The Morgan fingerprint density at radius 3 is 2.12 bits per heavy atom. The molecule has 0 radical (unpaired) electrons. The number of hydrogen-bond donors (Lipinski definition) is 1. The van der Waals surface area contributed by atoms with Gasteiger partial charge in [0.1, 0.15) is 6.04 Å². The van der Waals surface area contributed by atoms with E-state index in [4.69, 9.17) is 4.52 Å². The van der Waals surface area contributed by atoms with Crippen LogP contribution in [0.3, 0.4) is 0 Å². The first-order valence-electron chi connectivity index (χ1n) is 8.72. The van der Waals surface area contributed by atoms with Gasteiger partial charge in [0, 0.05) is 11.1 Å². The maximum Gasteiger partial charge on any atom is 0.251 e. The number of nitrogens with zero attached hydrogens (tertiary/aromatic N) is 2. The van der Waals surface area contributed by atoms with E-state index in [0.717, 1.165) is 11.1 Å². The number of nitrogens with one attached hydrogen (secondary N) is 1. The predicted octanol–water partition coefficient (Wildman–Crippen LogP) is 4.48. The summed E-state index contributed by atoms with van der Waals surface area (Å²) in [6.45, 7) is 8.04. The fourth-order valence-electron chi connectivity index (χ4n) is 2.62. The third kappa shape index (κ3) is 3.99. The van der Waals surface area contributed by atoms with E-state index < -0.39 is 0 Å². The molecule has 3 rings (SSSR count). The molecular formula is C21H23N3O2. The minimum atomic E-state index is -0.351. The molecule has 0 aliphatic rings. The molecule has 1 heterocycles. The molecule has 1 atom stereocenters. The highest BCUT2D eigenvalue weighted by Gasteiger charge is 2.25. The first kappa shape index (κ1) is 17.9. The summed E-state index contributed by atoms with van der Waals surface area (Å²) in [7, 11) is 0. The Hall–Kier alpha value is -2.95. The predicted molar refractivity (Wildman–Crippen MR) is 101 cm³/mol. The molecule has 0 bridgehead atoms. The van der Waals surface area contributed by atoms with Crippen LogP contribution in [0.5, 0.6) is 0 Å². The van der Waals surface area contributed by atoms with Crippen LogP contribution in [0.2, 0.25) is 0 Å². The van der Waals surface area contributed by atoms with Crippen molar-refractivity contribution >= 4 is 5.91 Å². The van der Waals surface area contributed by atoms with Crippen molar-refractivity contribution in [2.75, 3.05) is 0 Å². The van der Waals surface area contributed by atoms with Gasteiger partial charge >= 0.3 is 0 Å². The Morgan fingerprint density at radius 2 is 1.54 bits per heavy atom. The zero-order valence-electron chi connectivity index (χ0n) is 15.5. The van der Waals surface area contributed by atoms with Gasteiger partial charge in [-0.2, -0.15) is 4.98 Å². The third-order valence-corrected chi connectivity index (χ3v) is 4.28. The fourth-order valence-corrected chi connectivity index (χ4v) is 2.62. The number of amides is 1. The lowest BCUT2D eigenvalue weighted by Gasteiger charge is -2.18. The average molecular weight is 349 g/mol. The third-order valence-electron chi connectivity index (χ3n) is 4.28. The highest BCUT2D eigenvalue weighted by Crippen LogP contribution is 2.24. The van der Waals surface area contributed by atoms with E-state index in [1.807, 2.05) is 76.2 Å².